The van der Waals surface area contributed by atoms with Gasteiger partial charge in [-0.3, -0.25) is 4.79 Å². The van der Waals surface area contributed by atoms with E-state index in [9.17, 15) is 4.79 Å². The Labute approximate surface area is 114 Å². The van der Waals surface area contributed by atoms with Crippen LogP contribution in [0.15, 0.2) is 29.3 Å². The van der Waals surface area contributed by atoms with Crippen molar-refractivity contribution in [2.45, 2.75) is 39.8 Å². The second-order valence-electron chi connectivity index (χ2n) is 4.98. The van der Waals surface area contributed by atoms with Crippen molar-refractivity contribution >= 4 is 17.6 Å². The molecule has 0 radical (unpaired) electrons. The summed E-state index contributed by atoms with van der Waals surface area (Å²) in [5.74, 6) is -0.0354. The molecule has 5 nitrogen and oxygen atoms in total. The first-order chi connectivity index (χ1) is 8.82. The molecule has 1 rings (SSSR count). The lowest BCUT2D eigenvalue weighted by Gasteiger charge is -2.31. The molecule has 0 aliphatic heterocycles. The van der Waals surface area contributed by atoms with E-state index in [1.165, 1.54) is 0 Å². The van der Waals surface area contributed by atoms with E-state index in [0.717, 1.165) is 0 Å². The molecule has 0 fully saturated rings. The number of benzene rings is 1. The van der Waals surface area contributed by atoms with E-state index in [2.05, 4.69) is 32.7 Å². The summed E-state index contributed by atoms with van der Waals surface area (Å²) in [7, 11) is 0. The predicted octanol–water partition coefficient (Wildman–Crippen LogP) is 1.85. The van der Waals surface area contributed by atoms with Crippen molar-refractivity contribution in [3.63, 3.8) is 0 Å². The van der Waals surface area contributed by atoms with Gasteiger partial charge in [-0.25, -0.2) is 4.99 Å². The third-order valence-electron chi connectivity index (χ3n) is 2.75. The Hall–Kier alpha value is -2.04. The topological polar surface area (TPSA) is 84.7 Å². The van der Waals surface area contributed by atoms with Crippen LogP contribution < -0.4 is 11.5 Å². The van der Waals surface area contributed by atoms with E-state index >= 15 is 0 Å². The molecular weight excluding hydrogens is 240 g/mol. The van der Waals surface area contributed by atoms with Crippen molar-refractivity contribution in [2.75, 3.05) is 0 Å². The highest BCUT2D eigenvalue weighted by molar-refractivity contribution is 5.94. The molecule has 0 heterocycles. The van der Waals surface area contributed by atoms with Crippen LogP contribution in [-0.2, 0) is 0 Å². The molecule has 0 saturated heterocycles. The third kappa shape index (κ3) is 3.98. The van der Waals surface area contributed by atoms with Gasteiger partial charge in [0.2, 0.25) is 5.91 Å². The second kappa shape index (κ2) is 6.22. The Bertz CT molecular complexity index is 472. The van der Waals surface area contributed by atoms with Gasteiger partial charge in [0.25, 0.3) is 0 Å². The van der Waals surface area contributed by atoms with E-state index in [1.54, 1.807) is 24.3 Å². The third-order valence-corrected chi connectivity index (χ3v) is 2.75. The van der Waals surface area contributed by atoms with Gasteiger partial charge in [0.15, 0.2) is 5.96 Å². The molecule has 0 aliphatic rings. The number of nitrogens with zero attached hydrogens (tertiary/aromatic N) is 2. The molecule has 1 aromatic rings. The number of primary amides is 1. The Morgan fingerprint density at radius 3 is 2.21 bits per heavy atom. The largest absolute Gasteiger partial charge is 0.369 e. The lowest BCUT2D eigenvalue weighted by Crippen LogP contribution is -2.46. The van der Waals surface area contributed by atoms with Crippen LogP contribution in [0.3, 0.4) is 0 Å². The molecule has 1 aromatic carbocycles. The fourth-order valence-corrected chi connectivity index (χ4v) is 2.04. The molecule has 0 aliphatic carbocycles. The predicted molar refractivity (Wildman–Crippen MR) is 78.4 cm³/mol. The van der Waals surface area contributed by atoms with Crippen molar-refractivity contribution < 1.29 is 4.79 Å². The van der Waals surface area contributed by atoms with Crippen molar-refractivity contribution in [3.8, 4) is 0 Å². The fraction of sp³-hybridized carbons (Fsp3) is 0.429. The Morgan fingerprint density at radius 2 is 1.74 bits per heavy atom. The highest BCUT2D eigenvalue weighted by Crippen LogP contribution is 2.15. The van der Waals surface area contributed by atoms with Gasteiger partial charge in [-0.1, -0.05) is 6.07 Å². The van der Waals surface area contributed by atoms with E-state index in [1.807, 2.05) is 4.90 Å². The van der Waals surface area contributed by atoms with Gasteiger partial charge < -0.3 is 16.4 Å². The number of carbonyl (C=O) groups excluding carboxylic acids is 1. The standard InChI is InChI=1S/C14H22N4O/c1-9(2)18(10(3)4)14(16)17-12-7-5-6-11(8-12)13(15)19/h5-10H,1-4H3,(H2,15,19)(H2,16,17). The van der Waals surface area contributed by atoms with E-state index in [0.29, 0.717) is 17.2 Å². The number of hydrogen-bond donors (Lipinski definition) is 2. The van der Waals surface area contributed by atoms with Crippen LogP contribution >= 0.6 is 0 Å². The van der Waals surface area contributed by atoms with Crippen LogP contribution in [0.25, 0.3) is 0 Å². The lowest BCUT2D eigenvalue weighted by atomic mass is 10.2. The first-order valence-corrected chi connectivity index (χ1v) is 6.35. The number of carbonyl (C=O) groups is 1. The summed E-state index contributed by atoms with van der Waals surface area (Å²) in [5, 5.41) is 0. The summed E-state index contributed by atoms with van der Waals surface area (Å²) in [6.07, 6.45) is 0. The minimum atomic E-state index is -0.472. The van der Waals surface area contributed by atoms with E-state index < -0.39 is 5.91 Å². The molecular formula is C14H22N4O. The summed E-state index contributed by atoms with van der Waals surface area (Å²) in [4.78, 5) is 17.5. The maximum absolute atomic E-state index is 11.1. The van der Waals surface area contributed by atoms with Crippen molar-refractivity contribution in [3.05, 3.63) is 29.8 Å². The van der Waals surface area contributed by atoms with Crippen molar-refractivity contribution in [1.82, 2.24) is 4.90 Å². The number of amides is 1. The number of aliphatic imine (C=N–C) groups is 1. The maximum atomic E-state index is 11.1. The van der Waals surface area contributed by atoms with Crippen LogP contribution in [0.5, 0.6) is 0 Å². The highest BCUT2D eigenvalue weighted by atomic mass is 16.1. The fourth-order valence-electron chi connectivity index (χ4n) is 2.04. The van der Waals surface area contributed by atoms with E-state index in [4.69, 9.17) is 11.5 Å². The molecule has 4 N–H and O–H groups in total. The van der Waals surface area contributed by atoms with Crippen LogP contribution in [0, 0.1) is 0 Å². The molecule has 0 unspecified atom stereocenters. The maximum Gasteiger partial charge on any atom is 0.248 e. The monoisotopic (exact) mass is 262 g/mol. The summed E-state index contributed by atoms with van der Waals surface area (Å²) >= 11 is 0. The van der Waals surface area contributed by atoms with Crippen molar-refractivity contribution in [2.24, 2.45) is 16.5 Å². The molecule has 104 valence electrons. The molecule has 0 bridgehead atoms. The highest BCUT2D eigenvalue weighted by Gasteiger charge is 2.15. The average molecular weight is 262 g/mol. The first kappa shape index (κ1) is 15.0. The lowest BCUT2D eigenvalue weighted by molar-refractivity contribution is 0.100. The Kier molecular flexibility index (Phi) is 4.92. The molecule has 0 saturated carbocycles. The number of rotatable bonds is 4. The van der Waals surface area contributed by atoms with Gasteiger partial charge in [0.1, 0.15) is 0 Å². The number of nitrogens with two attached hydrogens (primary N) is 2. The number of guanidine groups is 1. The minimum absolute atomic E-state index is 0.253. The van der Waals surface area contributed by atoms with Gasteiger partial charge in [0.05, 0.1) is 5.69 Å². The van der Waals surface area contributed by atoms with Gasteiger partial charge in [-0.15, -0.1) is 0 Å². The quantitative estimate of drug-likeness (QED) is 0.641. The second-order valence-corrected chi connectivity index (χ2v) is 4.98. The summed E-state index contributed by atoms with van der Waals surface area (Å²) in [6, 6.07) is 7.32. The molecule has 1 amide bonds. The minimum Gasteiger partial charge on any atom is -0.369 e. The van der Waals surface area contributed by atoms with Gasteiger partial charge in [0, 0.05) is 17.6 Å². The zero-order valence-electron chi connectivity index (χ0n) is 11.9. The molecule has 19 heavy (non-hydrogen) atoms. The van der Waals surface area contributed by atoms with Crippen LogP contribution in [-0.4, -0.2) is 28.9 Å². The smallest absolute Gasteiger partial charge is 0.248 e. The molecule has 0 atom stereocenters. The Morgan fingerprint density at radius 1 is 1.16 bits per heavy atom. The number of hydrogen-bond acceptors (Lipinski definition) is 2. The summed E-state index contributed by atoms with van der Waals surface area (Å²) in [5.41, 5.74) is 12.3. The first-order valence-electron chi connectivity index (χ1n) is 6.35. The zero-order chi connectivity index (χ0) is 14.6. The van der Waals surface area contributed by atoms with Crippen LogP contribution in [0.1, 0.15) is 38.1 Å². The zero-order valence-corrected chi connectivity index (χ0v) is 11.9. The van der Waals surface area contributed by atoms with E-state index in [-0.39, 0.29) is 12.1 Å². The normalized spacial score (nSPS) is 12.0. The van der Waals surface area contributed by atoms with Crippen molar-refractivity contribution in [1.29, 1.82) is 0 Å². The van der Waals surface area contributed by atoms with Crippen LogP contribution in [0.4, 0.5) is 5.69 Å². The van der Waals surface area contributed by atoms with Gasteiger partial charge >= 0.3 is 0 Å². The van der Waals surface area contributed by atoms with Gasteiger partial charge in [-0.2, -0.15) is 0 Å². The van der Waals surface area contributed by atoms with Gasteiger partial charge in [-0.05, 0) is 45.9 Å². The molecule has 0 aromatic heterocycles. The Balaban J connectivity index is 3.06. The summed E-state index contributed by atoms with van der Waals surface area (Å²) < 4.78 is 0. The molecule has 5 heteroatoms. The molecule has 0 spiro atoms. The average Bonchev–Trinajstić information content (AvgIpc) is 2.27. The van der Waals surface area contributed by atoms with Crippen LogP contribution in [0.2, 0.25) is 0 Å². The SMILES string of the molecule is CC(C)N(C(N)=Nc1cccc(C(N)=O)c1)C(C)C. The summed E-state index contributed by atoms with van der Waals surface area (Å²) in [6.45, 7) is 8.23.